The van der Waals surface area contributed by atoms with Crippen LogP contribution in [0.4, 0.5) is 5.69 Å². The molecule has 4 nitrogen and oxygen atoms in total. The highest BCUT2D eigenvalue weighted by Gasteiger charge is 2.16. The summed E-state index contributed by atoms with van der Waals surface area (Å²) in [6, 6.07) is 5.05. The second kappa shape index (κ2) is 6.07. The Bertz CT molecular complexity index is 431. The van der Waals surface area contributed by atoms with E-state index >= 15 is 0 Å². The van der Waals surface area contributed by atoms with Gasteiger partial charge in [0.1, 0.15) is 0 Å². The van der Waals surface area contributed by atoms with E-state index in [0.717, 1.165) is 25.9 Å². The second-order valence-corrected chi connectivity index (χ2v) is 4.79. The maximum atomic E-state index is 11.9. The summed E-state index contributed by atoms with van der Waals surface area (Å²) >= 11 is 5.87. The first-order valence-corrected chi connectivity index (χ1v) is 6.50. The molecule has 1 fully saturated rings. The lowest BCUT2D eigenvalue weighted by molar-refractivity contribution is 0.0908. The number of carbonyl (C=O) groups is 1. The third kappa shape index (κ3) is 3.15. The minimum Gasteiger partial charge on any atom is -0.397 e. The van der Waals surface area contributed by atoms with Crippen molar-refractivity contribution < 1.29 is 9.53 Å². The van der Waals surface area contributed by atoms with E-state index < -0.39 is 0 Å². The van der Waals surface area contributed by atoms with E-state index in [1.54, 1.807) is 18.2 Å². The third-order valence-electron chi connectivity index (χ3n) is 3.07. The van der Waals surface area contributed by atoms with Crippen LogP contribution in [-0.2, 0) is 4.74 Å². The molecule has 0 spiro atoms. The highest BCUT2D eigenvalue weighted by molar-refractivity contribution is 6.33. The zero-order valence-electron chi connectivity index (χ0n) is 10.1. The number of carbonyl (C=O) groups excluding carboxylic acids is 1. The monoisotopic (exact) mass is 268 g/mol. The average Bonchev–Trinajstić information content (AvgIpc) is 2.85. The zero-order valence-corrected chi connectivity index (χ0v) is 10.9. The molecule has 0 saturated carbocycles. The lowest BCUT2D eigenvalue weighted by Gasteiger charge is -2.11. The van der Waals surface area contributed by atoms with Crippen LogP contribution in [0.2, 0.25) is 5.02 Å². The molecule has 1 unspecified atom stereocenters. The fourth-order valence-corrected chi connectivity index (χ4v) is 2.22. The molecule has 1 heterocycles. The molecule has 0 aliphatic carbocycles. The van der Waals surface area contributed by atoms with Gasteiger partial charge in [-0.25, -0.2) is 0 Å². The number of nitrogens with two attached hydrogens (primary N) is 1. The van der Waals surface area contributed by atoms with Crippen LogP contribution in [0.25, 0.3) is 0 Å². The largest absolute Gasteiger partial charge is 0.397 e. The van der Waals surface area contributed by atoms with Gasteiger partial charge in [0, 0.05) is 13.2 Å². The maximum absolute atomic E-state index is 11.9. The number of para-hydroxylation sites is 1. The topological polar surface area (TPSA) is 64.4 Å². The first-order valence-electron chi connectivity index (χ1n) is 6.12. The average molecular weight is 269 g/mol. The van der Waals surface area contributed by atoms with Crippen molar-refractivity contribution in [1.29, 1.82) is 0 Å². The second-order valence-electron chi connectivity index (χ2n) is 4.38. The smallest absolute Gasteiger partial charge is 0.253 e. The molecular weight excluding hydrogens is 252 g/mol. The van der Waals surface area contributed by atoms with Gasteiger partial charge in [0.2, 0.25) is 0 Å². The Balaban J connectivity index is 1.85. The standard InChI is InChI=1S/C13H17ClN2O2/c14-11-5-1-4-10(12(11)15)13(17)16-7-6-9-3-2-8-18-9/h1,4-5,9H,2-3,6-8,15H2,(H,16,17). The van der Waals surface area contributed by atoms with Crippen molar-refractivity contribution in [3.05, 3.63) is 28.8 Å². The van der Waals surface area contributed by atoms with Crippen LogP contribution in [0.5, 0.6) is 0 Å². The maximum Gasteiger partial charge on any atom is 0.253 e. The molecule has 1 saturated heterocycles. The minimum absolute atomic E-state index is 0.187. The molecule has 1 aromatic rings. The van der Waals surface area contributed by atoms with Crippen molar-refractivity contribution in [2.24, 2.45) is 0 Å². The molecular formula is C13H17ClN2O2. The minimum atomic E-state index is -0.187. The van der Waals surface area contributed by atoms with Crippen LogP contribution in [0.3, 0.4) is 0 Å². The molecule has 1 atom stereocenters. The summed E-state index contributed by atoms with van der Waals surface area (Å²) in [5, 5.41) is 3.24. The Morgan fingerprint density at radius 3 is 3.11 bits per heavy atom. The van der Waals surface area contributed by atoms with Gasteiger partial charge in [-0.2, -0.15) is 0 Å². The van der Waals surface area contributed by atoms with Crippen molar-refractivity contribution in [3.63, 3.8) is 0 Å². The highest BCUT2D eigenvalue weighted by Crippen LogP contribution is 2.22. The third-order valence-corrected chi connectivity index (χ3v) is 3.40. The van der Waals surface area contributed by atoms with Crippen molar-refractivity contribution >= 4 is 23.2 Å². The van der Waals surface area contributed by atoms with Crippen molar-refractivity contribution in [3.8, 4) is 0 Å². The van der Waals surface area contributed by atoms with E-state index in [1.165, 1.54) is 0 Å². The number of hydrogen-bond acceptors (Lipinski definition) is 3. The summed E-state index contributed by atoms with van der Waals surface area (Å²) in [5.74, 6) is -0.187. The van der Waals surface area contributed by atoms with Gasteiger partial charge in [-0.05, 0) is 31.4 Å². The summed E-state index contributed by atoms with van der Waals surface area (Å²) in [6.45, 7) is 1.43. The van der Waals surface area contributed by atoms with Crippen LogP contribution in [0, 0.1) is 0 Å². The number of nitrogens with one attached hydrogen (secondary N) is 1. The number of amides is 1. The predicted molar refractivity (Wildman–Crippen MR) is 71.8 cm³/mol. The molecule has 98 valence electrons. The number of ether oxygens (including phenoxy) is 1. The molecule has 1 aliphatic rings. The summed E-state index contributed by atoms with van der Waals surface area (Å²) in [5.41, 5.74) is 6.51. The first-order chi connectivity index (χ1) is 8.68. The van der Waals surface area contributed by atoms with Crippen molar-refractivity contribution in [2.75, 3.05) is 18.9 Å². The molecule has 5 heteroatoms. The number of nitrogen functional groups attached to an aromatic ring is 1. The first kappa shape index (κ1) is 13.2. The van der Waals surface area contributed by atoms with Crippen LogP contribution in [0.1, 0.15) is 29.6 Å². The van der Waals surface area contributed by atoms with E-state index in [1.807, 2.05) is 0 Å². The Labute approximate surface area is 111 Å². The lowest BCUT2D eigenvalue weighted by Crippen LogP contribution is -2.27. The quantitative estimate of drug-likeness (QED) is 0.823. The Hall–Kier alpha value is -1.26. The zero-order chi connectivity index (χ0) is 13.0. The van der Waals surface area contributed by atoms with E-state index in [4.69, 9.17) is 22.1 Å². The summed E-state index contributed by atoms with van der Waals surface area (Å²) in [6.07, 6.45) is 3.31. The van der Waals surface area contributed by atoms with Crippen LogP contribution >= 0.6 is 11.6 Å². The summed E-state index contributed by atoms with van der Waals surface area (Å²) in [7, 11) is 0. The number of rotatable bonds is 4. The number of anilines is 1. The van der Waals surface area contributed by atoms with E-state index in [9.17, 15) is 4.79 Å². The Morgan fingerprint density at radius 1 is 1.56 bits per heavy atom. The molecule has 3 N–H and O–H groups in total. The Kier molecular flexibility index (Phi) is 4.44. The van der Waals surface area contributed by atoms with Gasteiger partial charge in [0.05, 0.1) is 22.4 Å². The van der Waals surface area contributed by atoms with Crippen molar-refractivity contribution in [1.82, 2.24) is 5.32 Å². The number of benzene rings is 1. The normalized spacial score (nSPS) is 18.8. The fourth-order valence-electron chi connectivity index (χ4n) is 2.05. The SMILES string of the molecule is Nc1c(Cl)cccc1C(=O)NCCC1CCCO1. The number of hydrogen-bond donors (Lipinski definition) is 2. The molecule has 2 rings (SSSR count). The molecule has 18 heavy (non-hydrogen) atoms. The van der Waals surface area contributed by atoms with Crippen molar-refractivity contribution in [2.45, 2.75) is 25.4 Å². The fraction of sp³-hybridized carbons (Fsp3) is 0.462. The van der Waals surface area contributed by atoms with Gasteiger partial charge in [0.25, 0.3) is 5.91 Å². The predicted octanol–water partition coefficient (Wildman–Crippen LogP) is 2.22. The van der Waals surface area contributed by atoms with E-state index in [2.05, 4.69) is 5.32 Å². The molecule has 1 aliphatic heterocycles. The molecule has 0 aromatic heterocycles. The molecule has 0 bridgehead atoms. The van der Waals surface area contributed by atoms with Gasteiger partial charge in [-0.1, -0.05) is 17.7 Å². The Morgan fingerprint density at radius 2 is 2.39 bits per heavy atom. The number of halogens is 1. The van der Waals surface area contributed by atoms with Gasteiger partial charge in [-0.15, -0.1) is 0 Å². The van der Waals surface area contributed by atoms with Crippen LogP contribution < -0.4 is 11.1 Å². The van der Waals surface area contributed by atoms with Gasteiger partial charge in [0.15, 0.2) is 0 Å². The highest BCUT2D eigenvalue weighted by atomic mass is 35.5. The summed E-state index contributed by atoms with van der Waals surface area (Å²) < 4.78 is 5.49. The van der Waals surface area contributed by atoms with E-state index in [0.29, 0.717) is 22.8 Å². The van der Waals surface area contributed by atoms with Gasteiger partial charge < -0.3 is 15.8 Å². The van der Waals surface area contributed by atoms with Crippen LogP contribution in [-0.4, -0.2) is 25.2 Å². The molecule has 1 amide bonds. The van der Waals surface area contributed by atoms with Gasteiger partial charge in [-0.3, -0.25) is 4.79 Å². The van der Waals surface area contributed by atoms with Crippen LogP contribution in [0.15, 0.2) is 18.2 Å². The van der Waals surface area contributed by atoms with E-state index in [-0.39, 0.29) is 12.0 Å². The molecule has 0 radical (unpaired) electrons. The van der Waals surface area contributed by atoms with Gasteiger partial charge >= 0.3 is 0 Å². The molecule has 1 aromatic carbocycles. The lowest BCUT2D eigenvalue weighted by atomic mass is 10.1. The summed E-state index contributed by atoms with van der Waals surface area (Å²) in [4.78, 5) is 11.9.